The van der Waals surface area contributed by atoms with Gasteiger partial charge in [0.15, 0.2) is 5.76 Å². The fourth-order valence-electron chi connectivity index (χ4n) is 3.00. The number of carbonyl (C=O) groups is 1. The molecule has 1 atom stereocenters. The summed E-state index contributed by atoms with van der Waals surface area (Å²) in [4.78, 5) is 12.8. The zero-order valence-electron chi connectivity index (χ0n) is 14.3. The van der Waals surface area contributed by atoms with Gasteiger partial charge in [-0.2, -0.15) is 5.10 Å². The number of ether oxygens (including phenoxy) is 1. The molecule has 0 spiro atoms. The highest BCUT2D eigenvalue weighted by molar-refractivity contribution is 6.04. The molecule has 1 aliphatic heterocycles. The third-order valence-corrected chi connectivity index (χ3v) is 4.22. The Kier molecular flexibility index (Phi) is 4.31. The van der Waals surface area contributed by atoms with E-state index in [0.717, 1.165) is 17.0 Å². The van der Waals surface area contributed by atoms with E-state index in [1.165, 1.54) is 11.3 Å². The van der Waals surface area contributed by atoms with Crippen molar-refractivity contribution in [2.24, 2.45) is 5.10 Å². The van der Waals surface area contributed by atoms with E-state index < -0.39 is 0 Å². The second-order valence-corrected chi connectivity index (χ2v) is 5.87. The Morgan fingerprint density at radius 1 is 1.15 bits per heavy atom. The number of hydrazone groups is 1. The minimum Gasteiger partial charge on any atom is -0.494 e. The Bertz CT molecular complexity index is 896. The van der Waals surface area contributed by atoms with Gasteiger partial charge in [0, 0.05) is 6.42 Å². The van der Waals surface area contributed by atoms with E-state index in [9.17, 15) is 4.79 Å². The lowest BCUT2D eigenvalue weighted by Gasteiger charge is -2.18. The smallest absolute Gasteiger partial charge is 0.310 e. The van der Waals surface area contributed by atoms with E-state index >= 15 is 0 Å². The molecule has 26 heavy (non-hydrogen) atoms. The maximum atomic E-state index is 12.8. The molecule has 4 rings (SSSR count). The summed E-state index contributed by atoms with van der Waals surface area (Å²) in [5, 5.41) is 6.00. The zero-order chi connectivity index (χ0) is 17.9. The number of hydrogen-bond acceptors (Lipinski definition) is 5. The van der Waals surface area contributed by atoms with E-state index in [1.54, 1.807) is 24.5 Å². The number of nitrogens with zero attached hydrogens (tertiary/aromatic N) is 2. The van der Waals surface area contributed by atoms with Crippen molar-refractivity contribution in [3.8, 4) is 5.75 Å². The van der Waals surface area contributed by atoms with Gasteiger partial charge in [-0.3, -0.25) is 4.79 Å². The number of furan rings is 2. The average Bonchev–Trinajstić information content (AvgIpc) is 3.42. The van der Waals surface area contributed by atoms with Crippen LogP contribution in [0.5, 0.6) is 5.75 Å². The highest BCUT2D eigenvalue weighted by Crippen LogP contribution is 2.34. The first-order valence-corrected chi connectivity index (χ1v) is 8.47. The van der Waals surface area contributed by atoms with Crippen LogP contribution in [0.1, 0.15) is 41.3 Å². The molecule has 6 heteroatoms. The lowest BCUT2D eigenvalue weighted by molar-refractivity contribution is 0.0660. The number of benzene rings is 1. The van der Waals surface area contributed by atoms with Crippen LogP contribution in [0.15, 0.2) is 75.0 Å². The first kappa shape index (κ1) is 16.2. The minimum atomic E-state index is -0.302. The Morgan fingerprint density at radius 3 is 2.58 bits per heavy atom. The maximum absolute atomic E-state index is 12.8. The lowest BCUT2D eigenvalue weighted by Crippen LogP contribution is -2.26. The molecule has 0 aliphatic carbocycles. The molecule has 3 aromatic rings. The standard InChI is InChI=1S/C20H18N2O4/c1-2-24-15-9-7-14(8-10-15)16-13-17(18-5-3-11-25-18)22(21-16)20(23)19-6-4-12-26-19/h3-12,17H,2,13H2,1H3/t17-/m1/s1. The molecular weight excluding hydrogens is 332 g/mol. The van der Waals surface area contributed by atoms with Gasteiger partial charge >= 0.3 is 5.91 Å². The van der Waals surface area contributed by atoms with Gasteiger partial charge in [-0.25, -0.2) is 5.01 Å². The molecule has 3 heterocycles. The number of carbonyl (C=O) groups excluding carboxylic acids is 1. The van der Waals surface area contributed by atoms with Gasteiger partial charge in [0.1, 0.15) is 17.6 Å². The number of rotatable bonds is 5. The largest absolute Gasteiger partial charge is 0.494 e. The molecule has 6 nitrogen and oxygen atoms in total. The Morgan fingerprint density at radius 2 is 1.92 bits per heavy atom. The van der Waals surface area contributed by atoms with Gasteiger partial charge in [-0.15, -0.1) is 0 Å². The molecule has 1 aliphatic rings. The summed E-state index contributed by atoms with van der Waals surface area (Å²) in [5.41, 5.74) is 1.76. The van der Waals surface area contributed by atoms with Crippen LogP contribution in [0.4, 0.5) is 0 Å². The van der Waals surface area contributed by atoms with Crippen molar-refractivity contribution < 1.29 is 18.4 Å². The van der Waals surface area contributed by atoms with E-state index in [1.807, 2.05) is 37.3 Å². The van der Waals surface area contributed by atoms with Crippen LogP contribution in [-0.2, 0) is 0 Å². The molecule has 0 fully saturated rings. The maximum Gasteiger partial charge on any atom is 0.310 e. The summed E-state index contributed by atoms with van der Waals surface area (Å²) in [6.07, 6.45) is 3.63. The number of hydrogen-bond donors (Lipinski definition) is 0. The molecule has 132 valence electrons. The van der Waals surface area contributed by atoms with Gasteiger partial charge in [0.2, 0.25) is 0 Å². The second-order valence-electron chi connectivity index (χ2n) is 5.87. The summed E-state index contributed by atoms with van der Waals surface area (Å²) in [6.45, 7) is 2.56. The van der Waals surface area contributed by atoms with Crippen LogP contribution in [0, 0.1) is 0 Å². The lowest BCUT2D eigenvalue weighted by atomic mass is 10.0. The summed E-state index contributed by atoms with van der Waals surface area (Å²) >= 11 is 0. The Balaban J connectivity index is 1.65. The first-order valence-electron chi connectivity index (χ1n) is 8.47. The van der Waals surface area contributed by atoms with E-state index in [2.05, 4.69) is 5.10 Å². The summed E-state index contributed by atoms with van der Waals surface area (Å²) < 4.78 is 16.3. The Hall–Kier alpha value is -3.28. The molecule has 0 radical (unpaired) electrons. The minimum absolute atomic E-state index is 0.248. The Labute approximate surface area is 150 Å². The van der Waals surface area contributed by atoms with E-state index in [0.29, 0.717) is 18.8 Å². The van der Waals surface area contributed by atoms with Crippen LogP contribution < -0.4 is 4.74 Å². The van der Waals surface area contributed by atoms with Crippen LogP contribution >= 0.6 is 0 Å². The highest BCUT2D eigenvalue weighted by atomic mass is 16.5. The average molecular weight is 350 g/mol. The van der Waals surface area contributed by atoms with Crippen molar-refractivity contribution in [2.45, 2.75) is 19.4 Å². The third-order valence-electron chi connectivity index (χ3n) is 4.22. The van der Waals surface area contributed by atoms with Gasteiger partial charge < -0.3 is 13.6 Å². The second kappa shape index (κ2) is 6.92. The zero-order valence-corrected chi connectivity index (χ0v) is 14.3. The molecule has 0 unspecified atom stereocenters. The predicted octanol–water partition coefficient (Wildman–Crippen LogP) is 4.26. The van der Waals surface area contributed by atoms with Gasteiger partial charge in [-0.1, -0.05) is 0 Å². The quantitative estimate of drug-likeness (QED) is 0.689. The summed E-state index contributed by atoms with van der Waals surface area (Å²) in [7, 11) is 0. The van der Waals surface area contributed by atoms with Crippen molar-refractivity contribution in [2.75, 3.05) is 6.61 Å². The van der Waals surface area contributed by atoms with Crippen molar-refractivity contribution >= 4 is 11.6 Å². The van der Waals surface area contributed by atoms with Gasteiger partial charge in [0.05, 0.1) is 24.8 Å². The van der Waals surface area contributed by atoms with Crippen molar-refractivity contribution in [3.05, 3.63) is 78.1 Å². The van der Waals surface area contributed by atoms with E-state index in [-0.39, 0.29) is 17.7 Å². The van der Waals surface area contributed by atoms with E-state index in [4.69, 9.17) is 13.6 Å². The fourth-order valence-corrected chi connectivity index (χ4v) is 3.00. The molecular formula is C20H18N2O4. The monoisotopic (exact) mass is 350 g/mol. The van der Waals surface area contributed by atoms with Crippen LogP contribution in [-0.4, -0.2) is 23.2 Å². The molecule has 1 amide bonds. The molecule has 1 aromatic carbocycles. The molecule has 0 saturated heterocycles. The summed E-state index contributed by atoms with van der Waals surface area (Å²) in [5.74, 6) is 1.45. The normalized spacial score (nSPS) is 16.6. The first-order chi connectivity index (χ1) is 12.8. The highest BCUT2D eigenvalue weighted by Gasteiger charge is 2.36. The molecule has 2 aromatic heterocycles. The van der Waals surface area contributed by atoms with Crippen LogP contribution in [0.3, 0.4) is 0 Å². The SMILES string of the molecule is CCOc1ccc(C2=NN(C(=O)c3ccco3)[C@@H](c3ccco3)C2)cc1. The van der Waals surface area contributed by atoms with Crippen LogP contribution in [0.2, 0.25) is 0 Å². The van der Waals surface area contributed by atoms with Crippen molar-refractivity contribution in [1.29, 1.82) is 0 Å². The molecule has 0 bridgehead atoms. The van der Waals surface area contributed by atoms with Crippen LogP contribution in [0.25, 0.3) is 0 Å². The predicted molar refractivity (Wildman–Crippen MR) is 95.1 cm³/mol. The third kappa shape index (κ3) is 3.01. The number of amides is 1. The van der Waals surface area contributed by atoms with Gasteiger partial charge in [0.25, 0.3) is 0 Å². The van der Waals surface area contributed by atoms with Crippen molar-refractivity contribution in [1.82, 2.24) is 5.01 Å². The molecule has 0 N–H and O–H groups in total. The topological polar surface area (TPSA) is 68.2 Å². The molecule has 0 saturated carbocycles. The summed E-state index contributed by atoms with van der Waals surface area (Å²) in [6, 6.07) is 14.4. The van der Waals surface area contributed by atoms with Crippen molar-refractivity contribution in [3.63, 3.8) is 0 Å². The fraction of sp³-hybridized carbons (Fsp3) is 0.200. The van der Waals surface area contributed by atoms with Gasteiger partial charge in [-0.05, 0) is 61.0 Å².